The first kappa shape index (κ1) is 35.2. The standard InChI is InChI=1S/C32H43NO4.C2H2O4/c1-5-8-13-28-30(27-22-26(32(35)36)23(4)21-29(27)37-28)31(34)25-16-14-24(15-17-25)12-11-20-33(18-9-6-2)19-10-7-3;3-1(4)2(5)6/h14-17,21-22H,5-13,18-20H2,1-4H3,(H,35,36);(H,3,4)(H,5,6). The third-order valence-corrected chi connectivity index (χ3v) is 7.32. The van der Waals surface area contributed by atoms with Crippen molar-refractivity contribution in [2.45, 2.75) is 85.5 Å². The van der Waals surface area contributed by atoms with Crippen molar-refractivity contribution in [2.75, 3.05) is 19.6 Å². The molecular formula is C34H45NO8. The van der Waals surface area contributed by atoms with Crippen molar-refractivity contribution in [3.63, 3.8) is 0 Å². The van der Waals surface area contributed by atoms with E-state index in [1.54, 1.807) is 19.1 Å². The third-order valence-electron chi connectivity index (χ3n) is 7.32. The Kier molecular flexibility index (Phi) is 14.6. The monoisotopic (exact) mass is 595 g/mol. The number of fused-ring (bicyclic) bond motifs is 1. The van der Waals surface area contributed by atoms with Gasteiger partial charge in [0, 0.05) is 17.4 Å². The highest BCUT2D eigenvalue weighted by Gasteiger charge is 2.24. The summed E-state index contributed by atoms with van der Waals surface area (Å²) < 4.78 is 6.10. The highest BCUT2D eigenvalue weighted by molar-refractivity contribution is 6.27. The average molecular weight is 596 g/mol. The smallest absolute Gasteiger partial charge is 0.414 e. The minimum Gasteiger partial charge on any atom is -0.478 e. The van der Waals surface area contributed by atoms with Crippen molar-refractivity contribution < 1.29 is 38.9 Å². The van der Waals surface area contributed by atoms with Gasteiger partial charge in [0.15, 0.2) is 5.78 Å². The maximum absolute atomic E-state index is 13.7. The van der Waals surface area contributed by atoms with Gasteiger partial charge in [0.1, 0.15) is 11.3 Å². The lowest BCUT2D eigenvalue weighted by atomic mass is 9.95. The zero-order valence-corrected chi connectivity index (χ0v) is 25.8. The Morgan fingerprint density at radius 2 is 1.30 bits per heavy atom. The Labute approximate surface area is 253 Å². The fourth-order valence-corrected chi connectivity index (χ4v) is 4.86. The molecule has 9 nitrogen and oxygen atoms in total. The SMILES string of the molecule is CCCCc1oc2cc(C)c(C(=O)O)cc2c1C(=O)c1ccc(CCCN(CCCC)CCCC)cc1.O=C(O)C(=O)O. The number of unbranched alkanes of at least 4 members (excludes halogenated alkanes) is 3. The molecule has 234 valence electrons. The Morgan fingerprint density at radius 1 is 0.744 bits per heavy atom. The summed E-state index contributed by atoms with van der Waals surface area (Å²) in [7, 11) is 0. The number of ketones is 1. The summed E-state index contributed by atoms with van der Waals surface area (Å²) in [5.74, 6) is -4.11. The lowest BCUT2D eigenvalue weighted by Gasteiger charge is -2.21. The predicted molar refractivity (Wildman–Crippen MR) is 166 cm³/mol. The van der Waals surface area contributed by atoms with E-state index in [0.717, 1.165) is 32.2 Å². The fraction of sp³-hybridized carbons (Fsp3) is 0.471. The van der Waals surface area contributed by atoms with E-state index in [9.17, 15) is 14.7 Å². The molecule has 0 amide bonds. The molecule has 3 N–H and O–H groups in total. The van der Waals surface area contributed by atoms with Crippen LogP contribution < -0.4 is 0 Å². The topological polar surface area (TPSA) is 145 Å². The van der Waals surface area contributed by atoms with Crippen molar-refractivity contribution in [3.8, 4) is 0 Å². The maximum atomic E-state index is 13.7. The van der Waals surface area contributed by atoms with Crippen LogP contribution in [0.1, 0.15) is 109 Å². The van der Waals surface area contributed by atoms with Crippen molar-refractivity contribution in [3.05, 3.63) is 70.0 Å². The van der Waals surface area contributed by atoms with Gasteiger partial charge in [-0.25, -0.2) is 14.4 Å². The summed E-state index contributed by atoms with van der Waals surface area (Å²) in [5, 5.41) is 25.0. The molecule has 0 bridgehead atoms. The van der Waals surface area contributed by atoms with Crippen LogP contribution >= 0.6 is 0 Å². The van der Waals surface area contributed by atoms with Gasteiger partial charge in [0.05, 0.1) is 11.1 Å². The molecule has 0 saturated heterocycles. The van der Waals surface area contributed by atoms with E-state index in [0.29, 0.717) is 39.8 Å². The summed E-state index contributed by atoms with van der Waals surface area (Å²) in [6, 6.07) is 11.2. The number of carboxylic acids is 3. The van der Waals surface area contributed by atoms with E-state index in [2.05, 4.69) is 37.8 Å². The van der Waals surface area contributed by atoms with Crippen molar-refractivity contribution in [1.29, 1.82) is 0 Å². The molecule has 0 unspecified atom stereocenters. The zero-order chi connectivity index (χ0) is 31.9. The first-order valence-corrected chi connectivity index (χ1v) is 15.1. The molecule has 0 aliphatic carbocycles. The van der Waals surface area contributed by atoms with Gasteiger partial charge in [-0.1, -0.05) is 64.3 Å². The van der Waals surface area contributed by atoms with Crippen molar-refractivity contribution >= 4 is 34.7 Å². The second kappa shape index (κ2) is 17.9. The molecule has 0 aliphatic heterocycles. The number of nitrogens with zero attached hydrogens (tertiary/aromatic N) is 1. The van der Waals surface area contributed by atoms with E-state index in [1.165, 1.54) is 44.3 Å². The molecule has 1 heterocycles. The van der Waals surface area contributed by atoms with Gasteiger partial charge in [-0.05, 0) is 81.9 Å². The zero-order valence-electron chi connectivity index (χ0n) is 25.8. The number of aryl methyl sites for hydroxylation is 3. The predicted octanol–water partition coefficient (Wildman–Crippen LogP) is 7.00. The van der Waals surface area contributed by atoms with Gasteiger partial charge in [-0.3, -0.25) is 4.79 Å². The number of aliphatic carboxylic acids is 2. The van der Waals surface area contributed by atoms with E-state index >= 15 is 0 Å². The van der Waals surface area contributed by atoms with Crippen molar-refractivity contribution in [1.82, 2.24) is 4.90 Å². The molecule has 0 fully saturated rings. The number of benzene rings is 2. The van der Waals surface area contributed by atoms with Crippen LogP contribution in [0.3, 0.4) is 0 Å². The summed E-state index contributed by atoms with van der Waals surface area (Å²) in [6.45, 7) is 11.8. The Balaban J connectivity index is 0.000000973. The number of hydrogen-bond donors (Lipinski definition) is 3. The second-order valence-corrected chi connectivity index (χ2v) is 10.8. The van der Waals surface area contributed by atoms with Crippen LogP contribution in [-0.2, 0) is 22.4 Å². The first-order valence-electron chi connectivity index (χ1n) is 15.1. The summed E-state index contributed by atoms with van der Waals surface area (Å²) in [5.41, 5.74) is 3.74. The van der Waals surface area contributed by atoms with E-state index < -0.39 is 17.9 Å². The van der Waals surface area contributed by atoms with Crippen LogP contribution in [0.4, 0.5) is 0 Å². The van der Waals surface area contributed by atoms with Crippen LogP contribution in [0, 0.1) is 6.92 Å². The van der Waals surface area contributed by atoms with Crippen LogP contribution in [0.5, 0.6) is 0 Å². The van der Waals surface area contributed by atoms with E-state index in [1.807, 2.05) is 12.1 Å². The van der Waals surface area contributed by atoms with Gasteiger partial charge in [-0.2, -0.15) is 0 Å². The van der Waals surface area contributed by atoms with E-state index in [-0.39, 0.29) is 11.3 Å². The summed E-state index contributed by atoms with van der Waals surface area (Å²) >= 11 is 0. The molecule has 3 rings (SSSR count). The molecule has 0 radical (unpaired) electrons. The second-order valence-electron chi connectivity index (χ2n) is 10.8. The molecule has 0 spiro atoms. The summed E-state index contributed by atoms with van der Waals surface area (Å²) in [6.07, 6.45) is 9.56. The molecular weight excluding hydrogens is 550 g/mol. The van der Waals surface area contributed by atoms with Gasteiger partial charge < -0.3 is 24.6 Å². The molecule has 0 aliphatic rings. The number of furan rings is 1. The van der Waals surface area contributed by atoms with Crippen LogP contribution in [0.25, 0.3) is 11.0 Å². The lowest BCUT2D eigenvalue weighted by molar-refractivity contribution is -0.159. The van der Waals surface area contributed by atoms with E-state index in [4.69, 9.17) is 24.2 Å². The molecule has 43 heavy (non-hydrogen) atoms. The molecule has 1 aromatic heterocycles. The number of hydrogen-bond acceptors (Lipinski definition) is 6. The van der Waals surface area contributed by atoms with Gasteiger partial charge in [0.25, 0.3) is 0 Å². The lowest BCUT2D eigenvalue weighted by Crippen LogP contribution is -2.27. The number of rotatable bonds is 16. The third kappa shape index (κ3) is 10.7. The molecule has 9 heteroatoms. The number of carbonyl (C=O) groups excluding carboxylic acids is 1. The highest BCUT2D eigenvalue weighted by Crippen LogP contribution is 2.32. The summed E-state index contributed by atoms with van der Waals surface area (Å²) in [4.78, 5) is 46.2. The van der Waals surface area contributed by atoms with Crippen LogP contribution in [0.15, 0.2) is 40.8 Å². The Hall–Kier alpha value is -3.98. The Morgan fingerprint density at radius 3 is 1.81 bits per heavy atom. The van der Waals surface area contributed by atoms with Gasteiger partial charge in [0.2, 0.25) is 0 Å². The van der Waals surface area contributed by atoms with Gasteiger partial charge >= 0.3 is 17.9 Å². The molecule has 0 atom stereocenters. The quantitative estimate of drug-likeness (QED) is 0.118. The van der Waals surface area contributed by atoms with Gasteiger partial charge in [-0.15, -0.1) is 0 Å². The molecule has 2 aromatic carbocycles. The number of carboxylic acid groups (broad SMARTS) is 3. The van der Waals surface area contributed by atoms with Crippen molar-refractivity contribution in [2.24, 2.45) is 0 Å². The molecule has 3 aromatic rings. The Bertz CT molecular complexity index is 1350. The fourth-order valence-electron chi connectivity index (χ4n) is 4.86. The minimum absolute atomic E-state index is 0.109. The first-order chi connectivity index (χ1) is 20.5. The number of aromatic carboxylic acids is 1. The van der Waals surface area contributed by atoms with Crippen LogP contribution in [-0.4, -0.2) is 63.5 Å². The maximum Gasteiger partial charge on any atom is 0.414 e. The normalized spacial score (nSPS) is 10.9. The largest absolute Gasteiger partial charge is 0.478 e. The average Bonchev–Trinajstić information content (AvgIpc) is 3.33. The highest BCUT2D eigenvalue weighted by atomic mass is 16.4. The molecule has 0 saturated carbocycles. The minimum atomic E-state index is -1.82. The number of carbonyl (C=O) groups is 4. The van der Waals surface area contributed by atoms with Crippen LogP contribution in [0.2, 0.25) is 0 Å².